The van der Waals surface area contributed by atoms with Gasteiger partial charge in [0.05, 0.1) is 6.10 Å². The lowest BCUT2D eigenvalue weighted by Crippen LogP contribution is -2.52. The zero-order valence-corrected chi connectivity index (χ0v) is 13.3. The summed E-state index contributed by atoms with van der Waals surface area (Å²) in [6.45, 7) is 4.87. The molecule has 0 aromatic rings. The minimum Gasteiger partial charge on any atom is -0.389 e. The van der Waals surface area contributed by atoms with Gasteiger partial charge in [0.25, 0.3) is 0 Å². The Morgan fingerprint density at radius 1 is 1.05 bits per heavy atom. The average molecular weight is 287 g/mol. The van der Waals surface area contributed by atoms with E-state index in [0.29, 0.717) is 23.3 Å². The number of nitrogens with two attached hydrogens (primary N) is 1. The molecular formula is C19H29NO. The first-order valence-corrected chi connectivity index (χ1v) is 8.76. The van der Waals surface area contributed by atoms with E-state index in [1.54, 1.807) is 0 Å². The molecule has 2 heteroatoms. The summed E-state index contributed by atoms with van der Waals surface area (Å²) in [5, 5.41) is 9.95. The van der Waals surface area contributed by atoms with Crippen molar-refractivity contribution in [1.82, 2.24) is 0 Å². The van der Waals surface area contributed by atoms with Gasteiger partial charge in [-0.25, -0.2) is 0 Å². The predicted octanol–water partition coefficient (Wildman–Crippen LogP) is 3.27. The number of aliphatic hydroxyl groups is 1. The predicted molar refractivity (Wildman–Crippen MR) is 85.5 cm³/mol. The van der Waals surface area contributed by atoms with Crippen LogP contribution < -0.4 is 5.73 Å². The van der Waals surface area contributed by atoms with Gasteiger partial charge in [0, 0.05) is 6.04 Å². The summed E-state index contributed by atoms with van der Waals surface area (Å²) in [6, 6.07) is 0.395. The molecule has 21 heavy (non-hydrogen) atoms. The first kappa shape index (κ1) is 14.0. The second-order valence-electron chi connectivity index (χ2n) is 8.54. The molecule has 0 saturated heterocycles. The number of hydrogen-bond donors (Lipinski definition) is 2. The molecule has 2 nitrogen and oxygen atoms in total. The van der Waals surface area contributed by atoms with Crippen LogP contribution in [-0.4, -0.2) is 17.3 Å². The first-order chi connectivity index (χ1) is 9.95. The lowest BCUT2D eigenvalue weighted by Gasteiger charge is -2.56. The highest BCUT2D eigenvalue weighted by Crippen LogP contribution is 2.63. The zero-order valence-electron chi connectivity index (χ0n) is 13.3. The molecule has 4 rings (SSSR count). The van der Waals surface area contributed by atoms with E-state index in [4.69, 9.17) is 5.73 Å². The summed E-state index contributed by atoms with van der Waals surface area (Å²) in [5.41, 5.74) is 7.05. The second-order valence-corrected chi connectivity index (χ2v) is 8.54. The van der Waals surface area contributed by atoms with E-state index < -0.39 is 0 Å². The summed E-state index contributed by atoms with van der Waals surface area (Å²) in [4.78, 5) is 0. The maximum atomic E-state index is 9.95. The van der Waals surface area contributed by atoms with Crippen LogP contribution in [0.2, 0.25) is 0 Å². The minimum absolute atomic E-state index is 0.243. The van der Waals surface area contributed by atoms with Gasteiger partial charge in [-0.3, -0.25) is 0 Å². The van der Waals surface area contributed by atoms with E-state index in [9.17, 15) is 5.11 Å². The molecule has 2 saturated carbocycles. The third kappa shape index (κ3) is 1.78. The van der Waals surface area contributed by atoms with Gasteiger partial charge >= 0.3 is 0 Å². The van der Waals surface area contributed by atoms with E-state index in [1.165, 1.54) is 25.7 Å². The van der Waals surface area contributed by atoms with Gasteiger partial charge in [-0.15, -0.1) is 0 Å². The molecule has 3 N–H and O–H groups in total. The maximum absolute atomic E-state index is 9.95. The van der Waals surface area contributed by atoms with Crippen LogP contribution in [0.5, 0.6) is 0 Å². The molecule has 0 heterocycles. The van der Waals surface area contributed by atoms with Crippen LogP contribution >= 0.6 is 0 Å². The van der Waals surface area contributed by atoms with Crippen molar-refractivity contribution >= 4 is 0 Å². The highest BCUT2D eigenvalue weighted by atomic mass is 16.3. The zero-order chi connectivity index (χ0) is 14.8. The number of allylic oxidation sites excluding steroid dienone is 3. The topological polar surface area (TPSA) is 46.2 Å². The van der Waals surface area contributed by atoms with Gasteiger partial charge in [0.2, 0.25) is 0 Å². The maximum Gasteiger partial charge on any atom is 0.0727 e. The lowest BCUT2D eigenvalue weighted by molar-refractivity contribution is -0.0229. The summed E-state index contributed by atoms with van der Waals surface area (Å²) < 4.78 is 0. The van der Waals surface area contributed by atoms with Crippen molar-refractivity contribution in [2.24, 2.45) is 40.2 Å². The van der Waals surface area contributed by atoms with E-state index >= 15 is 0 Å². The normalized spacial score (nSPS) is 58.5. The van der Waals surface area contributed by atoms with E-state index in [0.717, 1.165) is 18.3 Å². The average Bonchev–Trinajstić information content (AvgIpc) is 2.76. The van der Waals surface area contributed by atoms with Crippen LogP contribution in [0.25, 0.3) is 0 Å². The second kappa shape index (κ2) is 4.45. The minimum atomic E-state index is -0.252. The van der Waals surface area contributed by atoms with Crippen LogP contribution in [0, 0.1) is 34.5 Å². The molecule has 0 aromatic heterocycles. The summed E-state index contributed by atoms with van der Waals surface area (Å²) in [7, 11) is 0. The lowest BCUT2D eigenvalue weighted by atomic mass is 9.48. The Kier molecular flexibility index (Phi) is 2.97. The van der Waals surface area contributed by atoms with Crippen LogP contribution in [0.1, 0.15) is 46.0 Å². The molecule has 0 amide bonds. The summed E-state index contributed by atoms with van der Waals surface area (Å²) >= 11 is 0. The Labute approximate surface area is 128 Å². The number of aliphatic hydroxyl groups excluding tert-OH is 1. The van der Waals surface area contributed by atoms with Crippen LogP contribution in [0.4, 0.5) is 0 Å². The largest absolute Gasteiger partial charge is 0.389 e. The molecule has 0 unspecified atom stereocenters. The Hall–Kier alpha value is -0.600. The Morgan fingerprint density at radius 3 is 2.67 bits per heavy atom. The molecule has 0 radical (unpaired) electrons. The number of hydrogen-bond acceptors (Lipinski definition) is 2. The quantitative estimate of drug-likeness (QED) is 0.672. The summed E-state index contributed by atoms with van der Waals surface area (Å²) in [5.74, 6) is 2.71. The van der Waals surface area contributed by atoms with Gasteiger partial charge < -0.3 is 10.8 Å². The van der Waals surface area contributed by atoms with Crippen molar-refractivity contribution in [3.05, 3.63) is 24.3 Å². The molecular weight excluding hydrogens is 258 g/mol. The van der Waals surface area contributed by atoms with Crippen LogP contribution in [0.3, 0.4) is 0 Å². The molecule has 4 aliphatic rings. The van der Waals surface area contributed by atoms with Crippen molar-refractivity contribution < 1.29 is 5.11 Å². The fourth-order valence-corrected chi connectivity index (χ4v) is 6.21. The molecule has 116 valence electrons. The monoisotopic (exact) mass is 287 g/mol. The van der Waals surface area contributed by atoms with E-state index in [2.05, 4.69) is 32.1 Å². The fourth-order valence-electron chi connectivity index (χ4n) is 6.21. The Morgan fingerprint density at radius 2 is 1.86 bits per heavy atom. The Balaban J connectivity index is 1.71. The van der Waals surface area contributed by atoms with Gasteiger partial charge in [-0.2, -0.15) is 0 Å². The number of fused-ring (bicyclic) bond motifs is 5. The standard InChI is InChI=1S/C19H29NO/c1-18-9-7-13(21)11-12(18)3-4-14-15-5-6-17(20)19(15,2)10-8-16(14)18/h3-4,7,9,12-17,21H,5-6,8,10-11,20H2,1-2H3/t12-,13+,14+,15+,16+,17+,18+,19+/m1/s1. The smallest absolute Gasteiger partial charge is 0.0727 e. The molecule has 0 spiro atoms. The van der Waals surface area contributed by atoms with Gasteiger partial charge in [0.1, 0.15) is 0 Å². The Bertz CT molecular complexity index is 498. The third-order valence-electron chi connectivity index (χ3n) is 7.74. The van der Waals surface area contributed by atoms with Crippen molar-refractivity contribution in [2.75, 3.05) is 0 Å². The molecule has 4 aliphatic carbocycles. The summed E-state index contributed by atoms with van der Waals surface area (Å²) in [6.07, 6.45) is 15.0. The van der Waals surface area contributed by atoms with Gasteiger partial charge in [-0.05, 0) is 66.6 Å². The van der Waals surface area contributed by atoms with Crippen LogP contribution in [-0.2, 0) is 0 Å². The highest BCUT2D eigenvalue weighted by Gasteiger charge is 2.57. The van der Waals surface area contributed by atoms with Gasteiger partial charge in [-0.1, -0.05) is 38.2 Å². The first-order valence-electron chi connectivity index (χ1n) is 8.76. The molecule has 0 aliphatic heterocycles. The van der Waals surface area contributed by atoms with Crippen molar-refractivity contribution in [1.29, 1.82) is 0 Å². The van der Waals surface area contributed by atoms with E-state index in [1.807, 2.05) is 6.08 Å². The molecule has 0 bridgehead atoms. The highest BCUT2D eigenvalue weighted by molar-refractivity contribution is 5.24. The van der Waals surface area contributed by atoms with Crippen molar-refractivity contribution in [2.45, 2.75) is 58.1 Å². The van der Waals surface area contributed by atoms with Crippen molar-refractivity contribution in [3.63, 3.8) is 0 Å². The SMILES string of the molecule is C[C@]12C=C[C@H](O)C[C@H]1C=C[C@@H]1[C@@H]2CC[C@]2(C)[C@@H](N)CC[C@@H]12. The van der Waals surface area contributed by atoms with E-state index in [-0.39, 0.29) is 11.5 Å². The van der Waals surface area contributed by atoms with Crippen LogP contribution in [0.15, 0.2) is 24.3 Å². The molecule has 0 aromatic carbocycles. The number of rotatable bonds is 0. The molecule has 8 atom stereocenters. The molecule has 2 fully saturated rings. The fraction of sp³-hybridized carbons (Fsp3) is 0.789. The van der Waals surface area contributed by atoms with Crippen molar-refractivity contribution in [3.8, 4) is 0 Å². The third-order valence-corrected chi connectivity index (χ3v) is 7.74. The van der Waals surface area contributed by atoms with Gasteiger partial charge in [0.15, 0.2) is 0 Å².